The summed E-state index contributed by atoms with van der Waals surface area (Å²) in [6.07, 6.45) is 3.29. The lowest BCUT2D eigenvalue weighted by Gasteiger charge is -2.64. The van der Waals surface area contributed by atoms with Crippen LogP contribution in [0.5, 0.6) is 5.75 Å². The third kappa shape index (κ3) is 2.41. The molecule has 1 saturated heterocycles. The van der Waals surface area contributed by atoms with Gasteiger partial charge in [0.2, 0.25) is 0 Å². The van der Waals surface area contributed by atoms with E-state index in [1.165, 1.54) is 12.0 Å². The molecule has 1 aromatic rings. The number of rotatable bonds is 4. The van der Waals surface area contributed by atoms with E-state index in [1.54, 1.807) is 7.11 Å². The Morgan fingerprint density at radius 1 is 1.25 bits per heavy atom. The Morgan fingerprint density at radius 3 is 2.58 bits per heavy atom. The van der Waals surface area contributed by atoms with Crippen molar-refractivity contribution in [3.63, 3.8) is 0 Å². The van der Waals surface area contributed by atoms with Crippen LogP contribution in [0.4, 0.5) is 0 Å². The van der Waals surface area contributed by atoms with Gasteiger partial charge in [0.25, 0.3) is 0 Å². The van der Waals surface area contributed by atoms with Crippen LogP contribution in [0.25, 0.3) is 0 Å². The maximum absolute atomic E-state index is 6.67. The highest BCUT2D eigenvalue weighted by Crippen LogP contribution is 2.65. The van der Waals surface area contributed by atoms with Crippen LogP contribution in [-0.4, -0.2) is 31.2 Å². The number of benzene rings is 1. The summed E-state index contributed by atoms with van der Waals surface area (Å²) in [7, 11) is 1.35. The van der Waals surface area contributed by atoms with Crippen LogP contribution in [0.1, 0.15) is 39.2 Å². The minimum Gasteiger partial charge on any atom is -0.497 e. The van der Waals surface area contributed by atoms with Crippen LogP contribution in [-0.2, 0) is 15.7 Å². The number of hydrogen-bond acceptors (Lipinski definition) is 3. The van der Waals surface area contributed by atoms with Gasteiger partial charge in [-0.05, 0) is 61.1 Å². The molecule has 1 unspecified atom stereocenters. The molecule has 4 fully saturated rings. The summed E-state index contributed by atoms with van der Waals surface area (Å²) in [6.45, 7) is 6.98. The molecular formula is C19H26BClO3. The molecule has 2 bridgehead atoms. The van der Waals surface area contributed by atoms with Crippen LogP contribution in [0, 0.1) is 17.3 Å². The predicted molar refractivity (Wildman–Crippen MR) is 96.5 cm³/mol. The van der Waals surface area contributed by atoms with Gasteiger partial charge in [0.1, 0.15) is 5.75 Å². The first kappa shape index (κ1) is 16.7. The van der Waals surface area contributed by atoms with Crippen LogP contribution < -0.4 is 4.74 Å². The summed E-state index contributed by atoms with van der Waals surface area (Å²) in [5.74, 6) is 2.20. The highest BCUT2D eigenvalue weighted by atomic mass is 35.5. The second-order valence-corrected chi connectivity index (χ2v) is 8.97. The molecule has 24 heavy (non-hydrogen) atoms. The molecule has 0 N–H and O–H groups in total. The van der Waals surface area contributed by atoms with Crippen LogP contribution >= 0.6 is 11.6 Å². The van der Waals surface area contributed by atoms with Crippen molar-refractivity contribution in [3.8, 4) is 5.75 Å². The Bertz CT molecular complexity index is 620. The average molecular weight is 349 g/mol. The molecule has 0 spiro atoms. The first-order valence-electron chi connectivity index (χ1n) is 8.95. The second kappa shape index (κ2) is 5.65. The van der Waals surface area contributed by atoms with E-state index in [4.69, 9.17) is 25.6 Å². The molecule has 5 atom stereocenters. The van der Waals surface area contributed by atoms with Gasteiger partial charge in [0.05, 0.1) is 24.1 Å². The van der Waals surface area contributed by atoms with E-state index < -0.39 is 0 Å². The summed E-state index contributed by atoms with van der Waals surface area (Å²) in [5.41, 5.74) is 1.35. The molecular weight excluding hydrogens is 322 g/mol. The van der Waals surface area contributed by atoms with Crippen molar-refractivity contribution in [1.29, 1.82) is 0 Å². The van der Waals surface area contributed by atoms with Crippen molar-refractivity contribution in [2.75, 3.05) is 7.11 Å². The van der Waals surface area contributed by atoms with Crippen molar-refractivity contribution in [3.05, 3.63) is 29.8 Å². The largest absolute Gasteiger partial charge is 0.497 e. The van der Waals surface area contributed by atoms with E-state index in [1.807, 2.05) is 12.1 Å². The molecule has 1 aromatic carbocycles. The lowest BCUT2D eigenvalue weighted by atomic mass is 9.43. The van der Waals surface area contributed by atoms with Crippen LogP contribution in [0.2, 0.25) is 0 Å². The molecule has 3 aliphatic carbocycles. The molecule has 130 valence electrons. The lowest BCUT2D eigenvalue weighted by Crippen LogP contribution is -2.65. The van der Waals surface area contributed by atoms with Gasteiger partial charge in [0, 0.05) is 0 Å². The van der Waals surface area contributed by atoms with Gasteiger partial charge < -0.3 is 14.0 Å². The predicted octanol–water partition coefficient (Wildman–Crippen LogP) is 4.11. The van der Waals surface area contributed by atoms with Crippen LogP contribution in [0.3, 0.4) is 0 Å². The molecule has 3 nitrogen and oxygen atoms in total. The third-order valence-electron chi connectivity index (χ3n) is 6.85. The smallest absolute Gasteiger partial charge is 0.477 e. The molecule has 4 aliphatic rings. The zero-order valence-corrected chi connectivity index (χ0v) is 15.7. The third-order valence-corrected chi connectivity index (χ3v) is 7.21. The number of halogens is 1. The minimum atomic E-state index is -0.320. The maximum Gasteiger partial charge on any atom is 0.477 e. The lowest BCUT2D eigenvalue weighted by molar-refractivity contribution is -0.199. The zero-order chi connectivity index (χ0) is 17.1. The SMILES string of the molecule is COc1ccc(CC(Cl)B2O[C@@H]3C[C@@H]4C[C@@H](C4(C)C)[C@]3(C)O2)cc1. The number of alkyl halides is 1. The number of ether oxygens (including phenoxy) is 1. The molecule has 1 aliphatic heterocycles. The van der Waals surface area contributed by atoms with E-state index in [9.17, 15) is 0 Å². The van der Waals surface area contributed by atoms with Crippen molar-refractivity contribution < 1.29 is 14.0 Å². The molecule has 0 aromatic heterocycles. The second-order valence-electron chi connectivity index (χ2n) is 8.41. The topological polar surface area (TPSA) is 27.7 Å². The summed E-state index contributed by atoms with van der Waals surface area (Å²) >= 11 is 6.67. The van der Waals surface area contributed by atoms with Gasteiger partial charge in [-0.2, -0.15) is 0 Å². The first-order chi connectivity index (χ1) is 11.3. The van der Waals surface area contributed by atoms with Crippen molar-refractivity contribution >= 4 is 18.7 Å². The van der Waals surface area contributed by atoms with E-state index in [2.05, 4.69) is 32.9 Å². The molecule has 1 heterocycles. The minimum absolute atomic E-state index is 0.180. The van der Waals surface area contributed by atoms with E-state index in [0.29, 0.717) is 11.3 Å². The molecule has 5 rings (SSSR count). The Labute approximate surface area is 150 Å². The number of hydrogen-bond donors (Lipinski definition) is 0. The Kier molecular flexibility index (Phi) is 3.94. The number of methoxy groups -OCH3 is 1. The Morgan fingerprint density at radius 2 is 1.96 bits per heavy atom. The zero-order valence-electron chi connectivity index (χ0n) is 14.9. The monoisotopic (exact) mass is 348 g/mol. The van der Waals surface area contributed by atoms with Gasteiger partial charge >= 0.3 is 7.12 Å². The van der Waals surface area contributed by atoms with Gasteiger partial charge in [0.15, 0.2) is 0 Å². The summed E-state index contributed by atoms with van der Waals surface area (Å²) in [6, 6.07) is 8.04. The summed E-state index contributed by atoms with van der Waals surface area (Å²) in [5, 5.41) is -0.180. The quantitative estimate of drug-likeness (QED) is 0.605. The van der Waals surface area contributed by atoms with E-state index in [0.717, 1.165) is 24.5 Å². The molecule has 0 radical (unpaired) electrons. The standard InChI is InChI=1S/C19H26BClO3/c1-18(2)13-10-15(18)19(3)16(11-13)23-20(24-19)17(21)9-12-5-7-14(22-4)8-6-12/h5-8,13,15-17H,9-11H2,1-4H3/t13-,15-,16+,17?,19-/m0/s1. The van der Waals surface area contributed by atoms with Gasteiger partial charge in [-0.1, -0.05) is 26.0 Å². The summed E-state index contributed by atoms with van der Waals surface area (Å²) < 4.78 is 17.9. The Balaban J connectivity index is 1.44. The maximum atomic E-state index is 6.67. The van der Waals surface area contributed by atoms with Crippen molar-refractivity contribution in [2.24, 2.45) is 17.3 Å². The van der Waals surface area contributed by atoms with Gasteiger partial charge in [-0.15, -0.1) is 11.6 Å². The normalized spacial score (nSPS) is 37.5. The molecule has 5 heteroatoms. The fraction of sp³-hybridized carbons (Fsp3) is 0.684. The summed E-state index contributed by atoms with van der Waals surface area (Å²) in [4.78, 5) is 0. The highest BCUT2D eigenvalue weighted by molar-refractivity contribution is 6.60. The van der Waals surface area contributed by atoms with Gasteiger partial charge in [-0.3, -0.25) is 0 Å². The van der Waals surface area contributed by atoms with E-state index in [-0.39, 0.29) is 24.1 Å². The fourth-order valence-corrected chi connectivity index (χ4v) is 5.43. The van der Waals surface area contributed by atoms with Crippen molar-refractivity contribution in [1.82, 2.24) is 0 Å². The highest BCUT2D eigenvalue weighted by Gasteiger charge is 2.68. The molecule has 0 amide bonds. The molecule has 3 saturated carbocycles. The fourth-order valence-electron chi connectivity index (χ4n) is 5.14. The Hall–Kier alpha value is -0.705. The van der Waals surface area contributed by atoms with Crippen molar-refractivity contribution in [2.45, 2.75) is 57.0 Å². The average Bonchev–Trinajstić information content (AvgIpc) is 2.92. The van der Waals surface area contributed by atoms with Crippen LogP contribution in [0.15, 0.2) is 24.3 Å². The van der Waals surface area contributed by atoms with Gasteiger partial charge in [-0.25, -0.2) is 0 Å². The van der Waals surface area contributed by atoms with E-state index >= 15 is 0 Å². The first-order valence-corrected chi connectivity index (χ1v) is 9.38.